The zero-order valence-electron chi connectivity index (χ0n) is 16.1. The van der Waals surface area contributed by atoms with Gasteiger partial charge < -0.3 is 14.8 Å². The van der Waals surface area contributed by atoms with Crippen LogP contribution in [0.25, 0.3) is 11.0 Å². The van der Waals surface area contributed by atoms with E-state index in [0.717, 1.165) is 0 Å². The highest BCUT2D eigenvalue weighted by Crippen LogP contribution is 2.29. The normalized spacial score (nSPS) is 10.8. The van der Waals surface area contributed by atoms with Gasteiger partial charge in [-0.15, -0.1) is 5.10 Å². The van der Waals surface area contributed by atoms with Gasteiger partial charge in [-0.25, -0.2) is 18.2 Å². The van der Waals surface area contributed by atoms with Crippen LogP contribution in [-0.2, 0) is 6.61 Å². The molecule has 0 fully saturated rings. The van der Waals surface area contributed by atoms with Crippen molar-refractivity contribution in [2.45, 2.75) is 6.61 Å². The van der Waals surface area contributed by atoms with E-state index >= 15 is 0 Å². The fourth-order valence-electron chi connectivity index (χ4n) is 2.94. The topological polar surface area (TPSA) is 89.1 Å². The van der Waals surface area contributed by atoms with Gasteiger partial charge in [0.2, 0.25) is 5.88 Å². The van der Waals surface area contributed by atoms with Crippen LogP contribution in [-0.4, -0.2) is 28.2 Å². The maximum atomic E-state index is 14.9. The molecular weight excluding hydrogens is 413 g/mol. The number of benzene rings is 2. The van der Waals surface area contributed by atoms with Crippen LogP contribution in [0.3, 0.4) is 0 Å². The molecule has 2 heterocycles. The van der Waals surface area contributed by atoms with Crippen LogP contribution in [0.1, 0.15) is 15.9 Å². The molecule has 0 unspecified atom stereocenters. The Balaban J connectivity index is 1.61. The SMILES string of the molecule is COc1n[nH]c2ncc(NC(=O)c3c(F)cc(F)c(OCc4ccccc4)c3F)cc12. The lowest BCUT2D eigenvalue weighted by atomic mass is 10.1. The maximum Gasteiger partial charge on any atom is 0.261 e. The number of nitrogens with one attached hydrogen (secondary N) is 2. The number of methoxy groups -OCH3 is 1. The van der Waals surface area contributed by atoms with Gasteiger partial charge in [0.05, 0.1) is 24.4 Å². The number of fused-ring (bicyclic) bond motifs is 1. The number of amides is 1. The number of ether oxygens (including phenoxy) is 2. The first-order valence-electron chi connectivity index (χ1n) is 9.01. The molecule has 0 atom stereocenters. The predicted molar refractivity (Wildman–Crippen MR) is 105 cm³/mol. The van der Waals surface area contributed by atoms with E-state index < -0.39 is 34.7 Å². The van der Waals surface area contributed by atoms with Gasteiger partial charge in [-0.2, -0.15) is 0 Å². The number of halogens is 3. The number of carbonyl (C=O) groups excluding carboxylic acids is 1. The molecule has 7 nitrogen and oxygen atoms in total. The van der Waals surface area contributed by atoms with E-state index in [1.807, 2.05) is 0 Å². The average molecular weight is 428 g/mol. The van der Waals surface area contributed by atoms with E-state index in [1.54, 1.807) is 30.3 Å². The van der Waals surface area contributed by atoms with Gasteiger partial charge in [0.25, 0.3) is 5.91 Å². The van der Waals surface area contributed by atoms with Crippen LogP contribution in [0.4, 0.5) is 18.9 Å². The molecular formula is C21H15F3N4O3. The lowest BCUT2D eigenvalue weighted by molar-refractivity contribution is 0.101. The summed E-state index contributed by atoms with van der Waals surface area (Å²) in [7, 11) is 1.40. The molecule has 1 amide bonds. The highest BCUT2D eigenvalue weighted by molar-refractivity contribution is 6.05. The van der Waals surface area contributed by atoms with Crippen molar-refractivity contribution in [1.82, 2.24) is 15.2 Å². The fourth-order valence-corrected chi connectivity index (χ4v) is 2.94. The number of aromatic nitrogens is 3. The number of carbonyl (C=O) groups is 1. The summed E-state index contributed by atoms with van der Waals surface area (Å²) in [5, 5.41) is 9.31. The van der Waals surface area contributed by atoms with Crippen molar-refractivity contribution in [3.05, 3.63) is 77.2 Å². The molecule has 158 valence electrons. The summed E-state index contributed by atoms with van der Waals surface area (Å²) < 4.78 is 53.5. The molecule has 0 radical (unpaired) electrons. The van der Waals surface area contributed by atoms with Gasteiger partial charge >= 0.3 is 0 Å². The van der Waals surface area contributed by atoms with Gasteiger partial charge in [0.1, 0.15) is 18.0 Å². The molecule has 4 aromatic rings. The molecule has 2 aromatic carbocycles. The second-order valence-electron chi connectivity index (χ2n) is 6.44. The van der Waals surface area contributed by atoms with E-state index in [2.05, 4.69) is 20.5 Å². The second-order valence-corrected chi connectivity index (χ2v) is 6.44. The van der Waals surface area contributed by atoms with Crippen molar-refractivity contribution < 1.29 is 27.4 Å². The number of hydrogen-bond acceptors (Lipinski definition) is 5. The number of aromatic amines is 1. The minimum Gasteiger partial charge on any atom is -0.483 e. The molecule has 2 N–H and O–H groups in total. The van der Waals surface area contributed by atoms with Crippen molar-refractivity contribution in [2.24, 2.45) is 0 Å². The van der Waals surface area contributed by atoms with Crippen LogP contribution in [0.2, 0.25) is 0 Å². The quantitative estimate of drug-likeness (QED) is 0.480. The molecule has 0 saturated carbocycles. The summed E-state index contributed by atoms with van der Waals surface area (Å²) >= 11 is 0. The third-order valence-electron chi connectivity index (χ3n) is 4.41. The van der Waals surface area contributed by atoms with E-state index in [9.17, 15) is 18.0 Å². The smallest absolute Gasteiger partial charge is 0.261 e. The summed E-state index contributed by atoms with van der Waals surface area (Å²) in [5.74, 6) is -5.82. The Morgan fingerprint density at radius 1 is 1.13 bits per heavy atom. The first-order chi connectivity index (χ1) is 15.0. The Bertz CT molecular complexity index is 1260. The lowest BCUT2D eigenvalue weighted by Crippen LogP contribution is -2.17. The van der Waals surface area contributed by atoms with Crippen molar-refractivity contribution in [3.8, 4) is 11.6 Å². The molecule has 0 spiro atoms. The van der Waals surface area contributed by atoms with E-state index in [4.69, 9.17) is 9.47 Å². The molecule has 0 saturated heterocycles. The molecule has 0 aliphatic rings. The van der Waals surface area contributed by atoms with E-state index in [1.165, 1.54) is 19.4 Å². The highest BCUT2D eigenvalue weighted by atomic mass is 19.1. The van der Waals surface area contributed by atoms with Crippen LogP contribution in [0, 0.1) is 17.5 Å². The van der Waals surface area contributed by atoms with Crippen molar-refractivity contribution in [1.29, 1.82) is 0 Å². The van der Waals surface area contributed by atoms with Crippen molar-refractivity contribution >= 4 is 22.6 Å². The predicted octanol–water partition coefficient (Wildman–Crippen LogP) is 4.22. The number of nitrogens with zero attached hydrogens (tertiary/aromatic N) is 2. The molecule has 0 bridgehead atoms. The number of anilines is 1. The van der Waals surface area contributed by atoms with Crippen LogP contribution in [0.5, 0.6) is 11.6 Å². The van der Waals surface area contributed by atoms with E-state index in [-0.39, 0.29) is 18.2 Å². The number of hydrogen-bond donors (Lipinski definition) is 2. The van der Waals surface area contributed by atoms with Crippen LogP contribution in [0.15, 0.2) is 48.7 Å². The Labute approximate surface area is 173 Å². The third-order valence-corrected chi connectivity index (χ3v) is 4.41. The Kier molecular flexibility index (Phi) is 5.44. The highest BCUT2D eigenvalue weighted by Gasteiger charge is 2.26. The summed E-state index contributed by atoms with van der Waals surface area (Å²) in [6.45, 7) is -0.164. The fraction of sp³-hybridized carbons (Fsp3) is 0.0952. The molecule has 2 aromatic heterocycles. The summed E-state index contributed by atoms with van der Waals surface area (Å²) in [6, 6.07) is 10.5. The number of pyridine rings is 1. The number of H-pyrrole nitrogens is 1. The molecule has 4 rings (SSSR count). The lowest BCUT2D eigenvalue weighted by Gasteiger charge is -2.13. The zero-order chi connectivity index (χ0) is 22.0. The molecule has 10 heteroatoms. The van der Waals surface area contributed by atoms with Crippen LogP contribution >= 0.6 is 0 Å². The van der Waals surface area contributed by atoms with Crippen LogP contribution < -0.4 is 14.8 Å². The minimum absolute atomic E-state index is 0.132. The molecule has 0 aliphatic heterocycles. The average Bonchev–Trinajstić information content (AvgIpc) is 3.16. The first kappa shape index (κ1) is 20.2. The third kappa shape index (κ3) is 4.00. The second kappa shape index (κ2) is 8.34. The Hall–Kier alpha value is -4.08. The largest absolute Gasteiger partial charge is 0.483 e. The molecule has 31 heavy (non-hydrogen) atoms. The van der Waals surface area contributed by atoms with Gasteiger partial charge in [-0.1, -0.05) is 30.3 Å². The van der Waals surface area contributed by atoms with Gasteiger partial charge in [-0.3, -0.25) is 9.89 Å². The maximum absolute atomic E-state index is 14.9. The standard InChI is InChI=1S/C21H15F3N4O3/c1-30-21-13-7-12(9-25-19(13)27-28-21)26-20(29)16-14(22)8-15(23)18(17(16)24)31-10-11-5-3-2-4-6-11/h2-9H,10H2,1H3,(H,26,29)(H,25,27,28). The Morgan fingerprint density at radius 2 is 1.90 bits per heavy atom. The van der Waals surface area contributed by atoms with Gasteiger partial charge in [0, 0.05) is 6.07 Å². The zero-order valence-corrected chi connectivity index (χ0v) is 16.1. The monoisotopic (exact) mass is 428 g/mol. The van der Waals surface area contributed by atoms with Gasteiger partial charge in [-0.05, 0) is 11.6 Å². The van der Waals surface area contributed by atoms with Crippen molar-refractivity contribution in [3.63, 3.8) is 0 Å². The first-order valence-corrected chi connectivity index (χ1v) is 9.01. The minimum atomic E-state index is -1.44. The Morgan fingerprint density at radius 3 is 2.65 bits per heavy atom. The summed E-state index contributed by atoms with van der Waals surface area (Å²) in [6.07, 6.45) is 1.27. The van der Waals surface area contributed by atoms with Gasteiger partial charge in [0.15, 0.2) is 23.0 Å². The molecule has 0 aliphatic carbocycles. The van der Waals surface area contributed by atoms with E-state index in [0.29, 0.717) is 22.7 Å². The summed E-state index contributed by atoms with van der Waals surface area (Å²) in [5.41, 5.74) is 0.187. The van der Waals surface area contributed by atoms with Crippen molar-refractivity contribution in [2.75, 3.05) is 12.4 Å². The summed E-state index contributed by atoms with van der Waals surface area (Å²) in [4.78, 5) is 16.6. The number of rotatable bonds is 6.